The summed E-state index contributed by atoms with van der Waals surface area (Å²) in [6.45, 7) is 2.75. The first-order valence-corrected chi connectivity index (χ1v) is 15.8. The minimum absolute atomic E-state index is 0.0632. The van der Waals surface area contributed by atoms with Gasteiger partial charge in [-0.05, 0) is 80.8 Å². The van der Waals surface area contributed by atoms with Crippen LogP contribution < -0.4 is 9.62 Å². The van der Waals surface area contributed by atoms with E-state index in [1.807, 2.05) is 48.8 Å². The fourth-order valence-corrected chi connectivity index (χ4v) is 7.25. The van der Waals surface area contributed by atoms with Crippen LogP contribution in [0.5, 0.6) is 0 Å². The molecule has 0 radical (unpaired) electrons. The number of aliphatic hydroxyl groups is 1. The lowest BCUT2D eigenvalue weighted by Crippen LogP contribution is -2.39. The Morgan fingerprint density at radius 3 is 2.50 bits per heavy atom. The lowest BCUT2D eigenvalue weighted by Gasteiger charge is -2.34. The van der Waals surface area contributed by atoms with Crippen LogP contribution in [0.15, 0.2) is 70.0 Å². The topological polar surface area (TPSA) is 86.0 Å². The van der Waals surface area contributed by atoms with Crippen LogP contribution in [0.3, 0.4) is 0 Å². The Bertz CT molecular complexity index is 1600. The Balaban J connectivity index is 1.62. The average Bonchev–Trinajstić information content (AvgIpc) is 3.34. The van der Waals surface area contributed by atoms with Crippen LogP contribution in [-0.2, 0) is 10.0 Å². The van der Waals surface area contributed by atoms with Gasteiger partial charge in [0.1, 0.15) is 23.4 Å². The van der Waals surface area contributed by atoms with Gasteiger partial charge in [0.25, 0.3) is 0 Å². The molecule has 10 heteroatoms. The second-order valence-electron chi connectivity index (χ2n) is 10.1. The van der Waals surface area contributed by atoms with Gasteiger partial charge in [0.15, 0.2) is 0 Å². The van der Waals surface area contributed by atoms with Gasteiger partial charge in [-0.1, -0.05) is 29.6 Å². The highest BCUT2D eigenvalue weighted by Gasteiger charge is 2.33. The first kappa shape index (κ1) is 28.6. The van der Waals surface area contributed by atoms with Gasteiger partial charge in [0.05, 0.1) is 10.6 Å². The largest absolute Gasteiger partial charge is 0.456 e. The number of fused-ring (bicyclic) bond motifs is 1. The molecule has 2 heterocycles. The summed E-state index contributed by atoms with van der Waals surface area (Å²) in [5, 5.41) is 14.6. The summed E-state index contributed by atoms with van der Waals surface area (Å²) in [4.78, 5) is 0.300. The third-order valence-corrected chi connectivity index (χ3v) is 10.2. The third kappa shape index (κ3) is 5.38. The van der Waals surface area contributed by atoms with E-state index in [2.05, 4.69) is 5.32 Å². The van der Waals surface area contributed by atoms with Gasteiger partial charge in [-0.15, -0.1) is 0 Å². The summed E-state index contributed by atoms with van der Waals surface area (Å²) < 4.78 is 50.7. The predicted octanol–water partition coefficient (Wildman–Crippen LogP) is 6.04. The molecule has 1 saturated heterocycles. The normalized spacial score (nSPS) is 17.3. The highest BCUT2D eigenvalue weighted by Crippen LogP contribution is 2.44. The molecule has 5 rings (SSSR count). The Hall–Kier alpha value is -2.89. The summed E-state index contributed by atoms with van der Waals surface area (Å²) in [5.74, 6) is 0.0369. The van der Waals surface area contributed by atoms with Crippen LogP contribution in [0.25, 0.3) is 22.3 Å². The molecule has 0 bridgehead atoms. The van der Waals surface area contributed by atoms with Crippen molar-refractivity contribution in [1.82, 2.24) is 9.62 Å². The highest BCUT2D eigenvalue weighted by atomic mass is 32.2. The highest BCUT2D eigenvalue weighted by molar-refractivity contribution is 7.99. The maximum atomic E-state index is 13.7. The van der Waals surface area contributed by atoms with Gasteiger partial charge < -0.3 is 13.8 Å². The lowest BCUT2D eigenvalue weighted by molar-refractivity contribution is 0.150. The van der Waals surface area contributed by atoms with Crippen molar-refractivity contribution in [2.45, 2.75) is 36.8 Å². The number of rotatable bonds is 8. The minimum atomic E-state index is -3.65. The molecule has 1 aliphatic rings. The molecule has 40 heavy (non-hydrogen) atoms. The zero-order valence-electron chi connectivity index (χ0n) is 23.0. The van der Waals surface area contributed by atoms with Gasteiger partial charge in [0.2, 0.25) is 10.0 Å². The molecule has 0 aliphatic carbocycles. The first-order chi connectivity index (χ1) is 19.1. The van der Waals surface area contributed by atoms with Crippen LogP contribution in [0.1, 0.15) is 41.7 Å². The number of halogens is 1. The van der Waals surface area contributed by atoms with E-state index in [0.717, 1.165) is 35.0 Å². The smallest absolute Gasteiger partial charge is 0.243 e. The van der Waals surface area contributed by atoms with Gasteiger partial charge in [-0.25, -0.2) is 12.8 Å². The SMILES string of the molecule is CNC(O)c1c(-c2ccc(F)cc2)oc2cc(N(C)SC)c(C3CCCN(S(=O)(=O)c4ccc(C)cc4)C3)cc12. The zero-order chi connectivity index (χ0) is 28.6. The van der Waals surface area contributed by atoms with Crippen molar-refractivity contribution in [3.05, 3.63) is 83.2 Å². The number of hydrogen-bond acceptors (Lipinski definition) is 7. The Morgan fingerprint density at radius 2 is 1.85 bits per heavy atom. The van der Waals surface area contributed by atoms with Crippen LogP contribution in [0, 0.1) is 12.7 Å². The van der Waals surface area contributed by atoms with E-state index in [4.69, 9.17) is 4.42 Å². The summed E-state index contributed by atoms with van der Waals surface area (Å²) >= 11 is 1.55. The number of nitrogens with zero attached hydrogens (tertiary/aromatic N) is 2. The molecule has 0 saturated carbocycles. The first-order valence-electron chi connectivity index (χ1n) is 13.2. The molecule has 2 atom stereocenters. The molecule has 7 nitrogen and oxygen atoms in total. The predicted molar refractivity (Wildman–Crippen MR) is 159 cm³/mol. The Morgan fingerprint density at radius 1 is 1.15 bits per heavy atom. The van der Waals surface area contributed by atoms with Gasteiger partial charge >= 0.3 is 0 Å². The van der Waals surface area contributed by atoms with E-state index >= 15 is 0 Å². The van der Waals surface area contributed by atoms with Crippen molar-refractivity contribution in [2.75, 3.05) is 37.7 Å². The number of piperidine rings is 1. The van der Waals surface area contributed by atoms with Crippen LogP contribution in [0.4, 0.5) is 10.1 Å². The summed E-state index contributed by atoms with van der Waals surface area (Å²) in [6, 6.07) is 16.9. The van der Waals surface area contributed by atoms with Gasteiger partial charge in [0, 0.05) is 49.0 Å². The summed E-state index contributed by atoms with van der Waals surface area (Å²) in [5.41, 5.74) is 4.71. The molecular weight excluding hydrogens is 549 g/mol. The quantitative estimate of drug-likeness (QED) is 0.193. The maximum Gasteiger partial charge on any atom is 0.243 e. The van der Waals surface area contributed by atoms with E-state index in [1.54, 1.807) is 47.6 Å². The number of furan rings is 1. The van der Waals surface area contributed by atoms with Crippen molar-refractivity contribution in [2.24, 2.45) is 0 Å². The molecule has 1 fully saturated rings. The number of anilines is 1. The summed E-state index contributed by atoms with van der Waals surface area (Å²) in [7, 11) is -0.0256. The van der Waals surface area contributed by atoms with Crippen LogP contribution in [0.2, 0.25) is 0 Å². The van der Waals surface area contributed by atoms with Crippen molar-refractivity contribution in [1.29, 1.82) is 0 Å². The maximum absolute atomic E-state index is 13.7. The number of aliphatic hydroxyl groups excluding tert-OH is 1. The van der Waals surface area contributed by atoms with E-state index in [9.17, 15) is 17.9 Å². The summed E-state index contributed by atoms with van der Waals surface area (Å²) in [6.07, 6.45) is 2.51. The number of nitrogens with one attached hydrogen (secondary N) is 1. The van der Waals surface area contributed by atoms with E-state index in [0.29, 0.717) is 40.5 Å². The fraction of sp³-hybridized carbons (Fsp3) is 0.333. The number of aryl methyl sites for hydroxylation is 1. The average molecular weight is 584 g/mol. The molecule has 1 aliphatic heterocycles. The third-order valence-electron chi connectivity index (χ3n) is 7.62. The molecular formula is C30H34FN3O4S2. The van der Waals surface area contributed by atoms with Gasteiger partial charge in [-0.3, -0.25) is 5.32 Å². The molecule has 0 spiro atoms. The van der Waals surface area contributed by atoms with E-state index in [1.165, 1.54) is 12.1 Å². The second kappa shape index (κ2) is 11.5. The zero-order valence-corrected chi connectivity index (χ0v) is 24.7. The van der Waals surface area contributed by atoms with Crippen molar-refractivity contribution >= 4 is 38.6 Å². The molecule has 1 aromatic heterocycles. The molecule has 2 N–H and O–H groups in total. The van der Waals surface area contributed by atoms with Crippen LogP contribution in [-0.4, -0.2) is 51.3 Å². The second-order valence-corrected chi connectivity index (χ2v) is 13.0. The Kier molecular flexibility index (Phi) is 8.26. The fourth-order valence-electron chi connectivity index (χ4n) is 5.37. The molecule has 212 valence electrons. The Labute approximate surface area is 239 Å². The minimum Gasteiger partial charge on any atom is -0.456 e. The number of sulfonamides is 1. The van der Waals surface area contributed by atoms with Crippen molar-refractivity contribution < 1.29 is 22.3 Å². The molecule has 2 unspecified atom stereocenters. The molecule has 3 aromatic carbocycles. The number of hydrogen-bond donors (Lipinski definition) is 2. The van der Waals surface area contributed by atoms with E-state index < -0.39 is 16.3 Å². The number of benzene rings is 3. The van der Waals surface area contributed by atoms with Crippen molar-refractivity contribution in [3.63, 3.8) is 0 Å². The molecule has 0 amide bonds. The van der Waals surface area contributed by atoms with E-state index in [-0.39, 0.29) is 11.7 Å². The monoisotopic (exact) mass is 583 g/mol. The van der Waals surface area contributed by atoms with Gasteiger partial charge in [-0.2, -0.15) is 4.31 Å². The van der Waals surface area contributed by atoms with Crippen LogP contribution >= 0.6 is 11.9 Å². The lowest BCUT2D eigenvalue weighted by atomic mass is 9.89. The standard InChI is InChI=1S/C30H34FN3O4S2/c1-19-7-13-23(14-8-19)40(36,37)34-15-5-6-21(18-34)24-16-25-27(17-26(24)33(3)39-4)38-29(28(25)30(35)32-2)20-9-11-22(31)12-10-20/h7-14,16-17,21,30,32,35H,5-6,15,18H2,1-4H3. The van der Waals surface area contributed by atoms with Crippen molar-refractivity contribution in [3.8, 4) is 11.3 Å². The molecule has 4 aromatic rings.